The highest BCUT2D eigenvalue weighted by Gasteiger charge is 2.16. The lowest BCUT2D eigenvalue weighted by molar-refractivity contribution is 0.102. The number of anilines is 1. The van der Waals surface area contributed by atoms with Crippen LogP contribution in [-0.4, -0.2) is 23.2 Å². The number of benzene rings is 2. The number of ether oxygens (including phenoxy) is 1. The Morgan fingerprint density at radius 1 is 1.32 bits per heavy atom. The lowest BCUT2D eigenvalue weighted by atomic mass is 10.1. The van der Waals surface area contributed by atoms with Gasteiger partial charge in [0, 0.05) is 16.1 Å². The first-order valence-electron chi connectivity index (χ1n) is 6.67. The maximum absolute atomic E-state index is 12.5. The Hall–Kier alpha value is -2.53. The minimum absolute atomic E-state index is 0.277. The monoisotopic (exact) mass is 315 g/mol. The van der Waals surface area contributed by atoms with Gasteiger partial charge in [0.1, 0.15) is 5.75 Å². The van der Waals surface area contributed by atoms with Gasteiger partial charge >= 0.3 is 0 Å². The fourth-order valence-corrected chi connectivity index (χ4v) is 2.66. The number of aryl methyl sites for hydroxylation is 1. The molecule has 0 radical (unpaired) electrons. The summed E-state index contributed by atoms with van der Waals surface area (Å²) in [5, 5.41) is 11.1. The topological polar surface area (TPSA) is 67.0 Å². The molecule has 112 valence electrons. The molecule has 2 aromatic carbocycles. The van der Waals surface area contributed by atoms with Gasteiger partial charge in [-0.3, -0.25) is 9.89 Å². The molecule has 0 saturated carbocycles. The van der Waals surface area contributed by atoms with Crippen molar-refractivity contribution in [3.8, 4) is 5.75 Å². The number of hydrogen-bond donors (Lipinski definition) is 2. The van der Waals surface area contributed by atoms with E-state index >= 15 is 0 Å². The van der Waals surface area contributed by atoms with E-state index in [9.17, 15) is 4.79 Å². The van der Waals surface area contributed by atoms with E-state index in [1.807, 2.05) is 25.1 Å². The third-order valence-electron chi connectivity index (χ3n) is 3.39. The molecule has 2 N–H and O–H groups in total. The predicted octanol–water partition coefficient (Wildman–Crippen LogP) is 3.79. The van der Waals surface area contributed by atoms with Crippen LogP contribution >= 0.6 is 11.6 Å². The van der Waals surface area contributed by atoms with Crippen LogP contribution in [0.3, 0.4) is 0 Å². The number of rotatable bonds is 3. The zero-order valence-electron chi connectivity index (χ0n) is 12.1. The Balaban J connectivity index is 1.94. The van der Waals surface area contributed by atoms with Crippen molar-refractivity contribution in [1.82, 2.24) is 10.2 Å². The SMILES string of the molecule is COc1c(C)cc(Cl)cc1C(=O)Nc1ccc2cn[nH]c2c1. The van der Waals surface area contributed by atoms with Gasteiger partial charge in [-0.15, -0.1) is 0 Å². The van der Waals surface area contributed by atoms with Gasteiger partial charge in [0.2, 0.25) is 0 Å². The molecule has 0 spiro atoms. The van der Waals surface area contributed by atoms with Crippen molar-refractivity contribution in [3.05, 3.63) is 52.7 Å². The maximum Gasteiger partial charge on any atom is 0.259 e. The van der Waals surface area contributed by atoms with E-state index in [0.29, 0.717) is 22.0 Å². The van der Waals surface area contributed by atoms with Gasteiger partial charge in [0.05, 0.1) is 24.4 Å². The van der Waals surface area contributed by atoms with Gasteiger partial charge in [-0.2, -0.15) is 5.10 Å². The van der Waals surface area contributed by atoms with E-state index in [1.165, 1.54) is 7.11 Å². The average Bonchev–Trinajstić information content (AvgIpc) is 2.94. The molecular formula is C16H14ClN3O2. The number of methoxy groups -OCH3 is 1. The number of aromatic amines is 1. The molecule has 0 aliphatic carbocycles. The molecule has 1 aromatic heterocycles. The predicted molar refractivity (Wildman–Crippen MR) is 86.8 cm³/mol. The minimum Gasteiger partial charge on any atom is -0.496 e. The van der Waals surface area contributed by atoms with Gasteiger partial charge in [0.15, 0.2) is 0 Å². The van der Waals surface area contributed by atoms with Crippen LogP contribution in [-0.2, 0) is 0 Å². The summed E-state index contributed by atoms with van der Waals surface area (Å²) in [6.07, 6.45) is 1.73. The number of fused-ring (bicyclic) bond motifs is 1. The number of halogens is 1. The van der Waals surface area contributed by atoms with E-state index in [2.05, 4.69) is 15.5 Å². The summed E-state index contributed by atoms with van der Waals surface area (Å²) in [6.45, 7) is 1.85. The van der Waals surface area contributed by atoms with Gasteiger partial charge in [0.25, 0.3) is 5.91 Å². The van der Waals surface area contributed by atoms with Crippen molar-refractivity contribution in [3.63, 3.8) is 0 Å². The number of carbonyl (C=O) groups is 1. The van der Waals surface area contributed by atoms with E-state index in [0.717, 1.165) is 16.5 Å². The molecular weight excluding hydrogens is 302 g/mol. The van der Waals surface area contributed by atoms with Gasteiger partial charge in [-0.1, -0.05) is 11.6 Å². The normalized spacial score (nSPS) is 10.7. The first kappa shape index (κ1) is 14.4. The maximum atomic E-state index is 12.5. The number of nitrogens with one attached hydrogen (secondary N) is 2. The first-order valence-corrected chi connectivity index (χ1v) is 7.05. The summed E-state index contributed by atoms with van der Waals surface area (Å²) >= 11 is 6.04. The Bertz CT molecular complexity index is 858. The van der Waals surface area contributed by atoms with Gasteiger partial charge in [-0.25, -0.2) is 0 Å². The van der Waals surface area contributed by atoms with Crippen molar-refractivity contribution in [1.29, 1.82) is 0 Å². The van der Waals surface area contributed by atoms with Crippen LogP contribution < -0.4 is 10.1 Å². The van der Waals surface area contributed by atoms with E-state index < -0.39 is 0 Å². The molecule has 6 heteroatoms. The van der Waals surface area contributed by atoms with Gasteiger partial charge in [-0.05, 0) is 42.8 Å². The number of aromatic nitrogens is 2. The zero-order chi connectivity index (χ0) is 15.7. The van der Waals surface area contributed by atoms with Crippen molar-refractivity contribution in [2.24, 2.45) is 0 Å². The third kappa shape index (κ3) is 2.63. The summed E-state index contributed by atoms with van der Waals surface area (Å²) in [7, 11) is 1.53. The minimum atomic E-state index is -0.277. The van der Waals surface area contributed by atoms with E-state index in [1.54, 1.807) is 18.3 Å². The van der Waals surface area contributed by atoms with E-state index in [4.69, 9.17) is 16.3 Å². The third-order valence-corrected chi connectivity index (χ3v) is 3.61. The number of nitrogens with zero attached hydrogens (tertiary/aromatic N) is 1. The number of H-pyrrole nitrogens is 1. The number of carbonyl (C=O) groups excluding carboxylic acids is 1. The molecule has 0 bridgehead atoms. The summed E-state index contributed by atoms with van der Waals surface area (Å²) < 4.78 is 5.31. The highest BCUT2D eigenvalue weighted by Crippen LogP contribution is 2.28. The second-order valence-corrected chi connectivity index (χ2v) is 5.37. The summed E-state index contributed by atoms with van der Waals surface area (Å²) in [6, 6.07) is 8.88. The summed E-state index contributed by atoms with van der Waals surface area (Å²) in [5.41, 5.74) is 2.73. The number of amides is 1. The lowest BCUT2D eigenvalue weighted by Gasteiger charge is -2.12. The van der Waals surface area contributed by atoms with Crippen molar-refractivity contribution in [2.45, 2.75) is 6.92 Å². The second-order valence-electron chi connectivity index (χ2n) is 4.93. The fourth-order valence-electron chi connectivity index (χ4n) is 2.38. The van der Waals surface area contributed by atoms with Crippen LogP contribution in [0, 0.1) is 6.92 Å². The number of hydrogen-bond acceptors (Lipinski definition) is 3. The van der Waals surface area contributed by atoms with Crippen molar-refractivity contribution < 1.29 is 9.53 Å². The largest absolute Gasteiger partial charge is 0.496 e. The Morgan fingerprint density at radius 3 is 2.91 bits per heavy atom. The van der Waals surface area contributed by atoms with Crippen molar-refractivity contribution >= 4 is 34.1 Å². The van der Waals surface area contributed by atoms with Crippen LogP contribution in [0.5, 0.6) is 5.75 Å². The first-order chi connectivity index (χ1) is 10.6. The molecule has 3 aromatic rings. The molecule has 0 saturated heterocycles. The highest BCUT2D eigenvalue weighted by molar-refractivity contribution is 6.31. The Labute approximate surface area is 132 Å². The Kier molecular flexibility index (Phi) is 3.73. The highest BCUT2D eigenvalue weighted by atomic mass is 35.5. The van der Waals surface area contributed by atoms with Crippen LogP contribution in [0.4, 0.5) is 5.69 Å². The lowest BCUT2D eigenvalue weighted by Crippen LogP contribution is -2.13. The molecule has 0 unspecified atom stereocenters. The van der Waals surface area contributed by atoms with E-state index in [-0.39, 0.29) is 5.91 Å². The zero-order valence-corrected chi connectivity index (χ0v) is 12.9. The molecule has 3 rings (SSSR count). The molecule has 0 aliphatic rings. The molecule has 1 amide bonds. The standard InChI is InChI=1S/C16H14ClN3O2/c1-9-5-11(17)6-13(15(9)22-2)16(21)19-12-4-3-10-8-18-20-14(10)7-12/h3-8H,1-2H3,(H,18,20)(H,19,21). The Morgan fingerprint density at radius 2 is 2.14 bits per heavy atom. The molecule has 0 fully saturated rings. The molecule has 1 heterocycles. The quantitative estimate of drug-likeness (QED) is 0.773. The average molecular weight is 316 g/mol. The van der Waals surface area contributed by atoms with Crippen LogP contribution in [0.25, 0.3) is 10.9 Å². The van der Waals surface area contributed by atoms with Gasteiger partial charge < -0.3 is 10.1 Å². The molecule has 0 aliphatic heterocycles. The van der Waals surface area contributed by atoms with Crippen molar-refractivity contribution in [2.75, 3.05) is 12.4 Å². The molecule has 22 heavy (non-hydrogen) atoms. The van der Waals surface area contributed by atoms with Crippen LogP contribution in [0.2, 0.25) is 5.02 Å². The second kappa shape index (κ2) is 5.69. The summed E-state index contributed by atoms with van der Waals surface area (Å²) in [4.78, 5) is 12.5. The molecule has 5 nitrogen and oxygen atoms in total. The molecule has 0 atom stereocenters. The van der Waals surface area contributed by atoms with Crippen LogP contribution in [0.1, 0.15) is 15.9 Å². The van der Waals surface area contributed by atoms with Crippen LogP contribution in [0.15, 0.2) is 36.5 Å². The smallest absolute Gasteiger partial charge is 0.259 e. The fraction of sp³-hybridized carbons (Fsp3) is 0.125. The summed E-state index contributed by atoms with van der Waals surface area (Å²) in [5.74, 6) is 0.242.